The molecule has 122 valence electrons. The smallest absolute Gasteiger partial charge is 0.257 e. The number of amides is 1. The summed E-state index contributed by atoms with van der Waals surface area (Å²) in [5, 5.41) is 14.6. The van der Waals surface area contributed by atoms with Gasteiger partial charge in [-0.05, 0) is 28.5 Å². The summed E-state index contributed by atoms with van der Waals surface area (Å²) in [7, 11) is 0. The lowest BCUT2D eigenvalue weighted by atomic mass is 10.1. The molecule has 1 aromatic heterocycles. The van der Waals surface area contributed by atoms with E-state index in [2.05, 4.69) is 27.6 Å². The summed E-state index contributed by atoms with van der Waals surface area (Å²) in [5.74, 6) is -0.173. The van der Waals surface area contributed by atoms with E-state index in [0.717, 1.165) is 15.8 Å². The van der Waals surface area contributed by atoms with E-state index in [-0.39, 0.29) is 5.91 Å². The summed E-state index contributed by atoms with van der Waals surface area (Å²) < 4.78 is 0. The molecular weight excluding hydrogens is 330 g/mol. The first kappa shape index (κ1) is 15.5. The van der Waals surface area contributed by atoms with Crippen LogP contribution in [-0.2, 0) is 6.42 Å². The SMILES string of the molecule is O=C(Nc1nnc(Cc2ccccc2)s1)c1ccc2ccccc2c1. The summed E-state index contributed by atoms with van der Waals surface area (Å²) in [4.78, 5) is 12.5. The zero-order chi connectivity index (χ0) is 17.1. The van der Waals surface area contributed by atoms with Gasteiger partial charge in [0.1, 0.15) is 5.01 Å². The first-order valence-electron chi connectivity index (χ1n) is 7.94. The Morgan fingerprint density at radius 2 is 1.64 bits per heavy atom. The average molecular weight is 345 g/mol. The van der Waals surface area contributed by atoms with Gasteiger partial charge in [0.05, 0.1) is 0 Å². The van der Waals surface area contributed by atoms with Gasteiger partial charge in [-0.15, -0.1) is 10.2 Å². The minimum atomic E-state index is -0.173. The van der Waals surface area contributed by atoms with Gasteiger partial charge >= 0.3 is 0 Å². The minimum Gasteiger partial charge on any atom is -0.296 e. The molecule has 5 heteroatoms. The van der Waals surface area contributed by atoms with Crippen molar-refractivity contribution in [1.82, 2.24) is 10.2 Å². The number of anilines is 1. The highest BCUT2D eigenvalue weighted by Gasteiger charge is 2.11. The van der Waals surface area contributed by atoms with E-state index in [1.807, 2.05) is 60.7 Å². The second-order valence-electron chi connectivity index (χ2n) is 5.68. The Labute approximate surface area is 149 Å². The summed E-state index contributed by atoms with van der Waals surface area (Å²) in [6.07, 6.45) is 0.713. The quantitative estimate of drug-likeness (QED) is 0.591. The van der Waals surface area contributed by atoms with E-state index in [1.165, 1.54) is 16.9 Å². The Morgan fingerprint density at radius 1 is 0.880 bits per heavy atom. The maximum atomic E-state index is 12.5. The van der Waals surface area contributed by atoms with Crippen molar-refractivity contribution in [3.8, 4) is 0 Å². The molecule has 3 aromatic carbocycles. The van der Waals surface area contributed by atoms with Crippen LogP contribution in [0.5, 0.6) is 0 Å². The first-order chi connectivity index (χ1) is 12.3. The Bertz CT molecular complexity index is 1030. The van der Waals surface area contributed by atoms with Crippen LogP contribution in [0, 0.1) is 0 Å². The third-order valence-electron chi connectivity index (χ3n) is 3.90. The molecule has 0 bridgehead atoms. The number of rotatable bonds is 4. The third kappa shape index (κ3) is 3.56. The van der Waals surface area contributed by atoms with Crippen LogP contribution in [0.4, 0.5) is 5.13 Å². The van der Waals surface area contributed by atoms with E-state index in [0.29, 0.717) is 17.1 Å². The molecule has 0 unspecified atom stereocenters. The van der Waals surface area contributed by atoms with Gasteiger partial charge in [-0.2, -0.15) is 0 Å². The van der Waals surface area contributed by atoms with E-state index in [4.69, 9.17) is 0 Å². The summed E-state index contributed by atoms with van der Waals surface area (Å²) in [6, 6.07) is 23.7. The average Bonchev–Trinajstić information content (AvgIpc) is 3.09. The van der Waals surface area contributed by atoms with Crippen molar-refractivity contribution in [3.05, 3.63) is 88.9 Å². The molecule has 0 saturated heterocycles. The molecule has 0 aliphatic carbocycles. The maximum Gasteiger partial charge on any atom is 0.257 e. The largest absolute Gasteiger partial charge is 0.296 e. The normalized spacial score (nSPS) is 10.7. The fraction of sp³-hybridized carbons (Fsp3) is 0.0500. The lowest BCUT2D eigenvalue weighted by Crippen LogP contribution is -2.11. The molecule has 1 heterocycles. The van der Waals surface area contributed by atoms with Crippen molar-refractivity contribution in [2.45, 2.75) is 6.42 Å². The minimum absolute atomic E-state index is 0.173. The third-order valence-corrected chi connectivity index (χ3v) is 4.74. The zero-order valence-electron chi connectivity index (χ0n) is 13.3. The van der Waals surface area contributed by atoms with Gasteiger partial charge in [0.15, 0.2) is 0 Å². The number of aromatic nitrogens is 2. The molecule has 25 heavy (non-hydrogen) atoms. The number of fused-ring (bicyclic) bond motifs is 1. The summed E-state index contributed by atoms with van der Waals surface area (Å²) in [5.41, 5.74) is 1.78. The molecule has 4 rings (SSSR count). The highest BCUT2D eigenvalue weighted by molar-refractivity contribution is 7.15. The van der Waals surface area contributed by atoms with Crippen LogP contribution in [0.1, 0.15) is 20.9 Å². The highest BCUT2D eigenvalue weighted by Crippen LogP contribution is 2.20. The summed E-state index contributed by atoms with van der Waals surface area (Å²) >= 11 is 1.40. The monoisotopic (exact) mass is 345 g/mol. The molecule has 4 nitrogen and oxygen atoms in total. The second kappa shape index (κ2) is 6.83. The number of nitrogens with zero attached hydrogens (tertiary/aromatic N) is 2. The van der Waals surface area contributed by atoms with Crippen LogP contribution in [0.25, 0.3) is 10.8 Å². The van der Waals surface area contributed by atoms with Crippen molar-refractivity contribution in [2.75, 3.05) is 5.32 Å². The van der Waals surface area contributed by atoms with Crippen molar-refractivity contribution < 1.29 is 4.79 Å². The van der Waals surface area contributed by atoms with Gasteiger partial charge < -0.3 is 0 Å². The number of hydrogen-bond acceptors (Lipinski definition) is 4. The molecule has 0 radical (unpaired) electrons. The van der Waals surface area contributed by atoms with Gasteiger partial charge in [-0.25, -0.2) is 0 Å². The van der Waals surface area contributed by atoms with Crippen molar-refractivity contribution in [3.63, 3.8) is 0 Å². The Kier molecular flexibility index (Phi) is 4.23. The molecule has 0 spiro atoms. The lowest BCUT2D eigenvalue weighted by molar-refractivity contribution is 0.102. The van der Waals surface area contributed by atoms with E-state index >= 15 is 0 Å². The number of benzene rings is 3. The van der Waals surface area contributed by atoms with E-state index < -0.39 is 0 Å². The number of nitrogens with one attached hydrogen (secondary N) is 1. The number of carbonyl (C=O) groups excluding carboxylic acids is 1. The predicted molar refractivity (Wildman–Crippen MR) is 101 cm³/mol. The van der Waals surface area contributed by atoms with Gasteiger partial charge in [0.2, 0.25) is 5.13 Å². The Morgan fingerprint density at radius 3 is 2.48 bits per heavy atom. The predicted octanol–water partition coefficient (Wildman–Crippen LogP) is 4.53. The van der Waals surface area contributed by atoms with E-state index in [9.17, 15) is 4.79 Å². The fourth-order valence-electron chi connectivity index (χ4n) is 2.65. The molecule has 1 N–H and O–H groups in total. The Hall–Kier alpha value is -3.05. The Balaban J connectivity index is 1.48. The fourth-order valence-corrected chi connectivity index (χ4v) is 3.41. The van der Waals surface area contributed by atoms with Crippen molar-refractivity contribution in [2.24, 2.45) is 0 Å². The number of hydrogen-bond donors (Lipinski definition) is 1. The number of carbonyl (C=O) groups is 1. The molecule has 0 saturated carbocycles. The van der Waals surface area contributed by atoms with Crippen LogP contribution < -0.4 is 5.32 Å². The lowest BCUT2D eigenvalue weighted by Gasteiger charge is -2.03. The standard InChI is InChI=1S/C20H15N3OS/c24-19(17-11-10-15-8-4-5-9-16(15)13-17)21-20-23-22-18(25-20)12-14-6-2-1-3-7-14/h1-11,13H,12H2,(H,21,23,24). The van der Waals surface area contributed by atoms with Crippen LogP contribution in [0.3, 0.4) is 0 Å². The topological polar surface area (TPSA) is 54.9 Å². The van der Waals surface area contributed by atoms with E-state index in [1.54, 1.807) is 0 Å². The van der Waals surface area contributed by atoms with Crippen LogP contribution in [-0.4, -0.2) is 16.1 Å². The van der Waals surface area contributed by atoms with Crippen LogP contribution in [0.15, 0.2) is 72.8 Å². The molecule has 0 fully saturated rings. The molecule has 1 amide bonds. The van der Waals surface area contributed by atoms with Crippen molar-refractivity contribution in [1.29, 1.82) is 0 Å². The van der Waals surface area contributed by atoms with Gasteiger partial charge in [0, 0.05) is 12.0 Å². The molecule has 0 aliphatic heterocycles. The molecule has 0 aliphatic rings. The molecule has 0 atom stereocenters. The van der Waals surface area contributed by atoms with Gasteiger partial charge in [-0.3, -0.25) is 10.1 Å². The first-order valence-corrected chi connectivity index (χ1v) is 8.76. The molecule has 4 aromatic rings. The van der Waals surface area contributed by atoms with Crippen LogP contribution >= 0.6 is 11.3 Å². The van der Waals surface area contributed by atoms with Gasteiger partial charge in [-0.1, -0.05) is 72.0 Å². The van der Waals surface area contributed by atoms with Crippen molar-refractivity contribution >= 4 is 33.1 Å². The highest BCUT2D eigenvalue weighted by atomic mass is 32.1. The maximum absolute atomic E-state index is 12.5. The van der Waals surface area contributed by atoms with Gasteiger partial charge in [0.25, 0.3) is 5.91 Å². The molecular formula is C20H15N3OS. The summed E-state index contributed by atoms with van der Waals surface area (Å²) in [6.45, 7) is 0. The zero-order valence-corrected chi connectivity index (χ0v) is 14.2. The second-order valence-corrected chi connectivity index (χ2v) is 6.74. The van der Waals surface area contributed by atoms with Crippen LogP contribution in [0.2, 0.25) is 0 Å².